The number of carbonyl (C=O) groups excluding carboxylic acids is 2. The molecule has 0 fully saturated rings. The SMILES string of the molecule is CCOC(=O)[C@@]12Oc3ccc(Cl)cc3N[C@@H]1c1ccccc1OC2=O. The number of halogens is 1. The summed E-state index contributed by atoms with van der Waals surface area (Å²) in [5.41, 5.74) is -0.742. The quantitative estimate of drug-likeness (QED) is 0.504. The van der Waals surface area contributed by atoms with Crippen molar-refractivity contribution in [3.05, 3.63) is 53.1 Å². The van der Waals surface area contributed by atoms with E-state index in [4.69, 9.17) is 25.8 Å². The van der Waals surface area contributed by atoms with E-state index in [1.54, 1.807) is 49.4 Å². The van der Waals surface area contributed by atoms with Crippen molar-refractivity contribution in [2.45, 2.75) is 18.6 Å². The fraction of sp³-hybridized carbons (Fsp3) is 0.222. The molecule has 6 nitrogen and oxygen atoms in total. The van der Waals surface area contributed by atoms with Crippen molar-refractivity contribution in [2.75, 3.05) is 11.9 Å². The predicted octanol–water partition coefficient (Wildman–Crippen LogP) is 3.11. The summed E-state index contributed by atoms with van der Waals surface area (Å²) in [6.45, 7) is 1.77. The number of carbonyl (C=O) groups is 2. The first kappa shape index (κ1) is 15.8. The molecule has 4 rings (SSSR count). The zero-order valence-corrected chi connectivity index (χ0v) is 14.0. The minimum absolute atomic E-state index is 0.110. The summed E-state index contributed by atoms with van der Waals surface area (Å²) >= 11 is 6.05. The molecule has 25 heavy (non-hydrogen) atoms. The highest BCUT2D eigenvalue weighted by molar-refractivity contribution is 6.31. The average molecular weight is 360 g/mol. The van der Waals surface area contributed by atoms with E-state index < -0.39 is 23.6 Å². The molecule has 0 saturated heterocycles. The van der Waals surface area contributed by atoms with Crippen molar-refractivity contribution < 1.29 is 23.8 Å². The Bertz CT molecular complexity index is 884. The van der Waals surface area contributed by atoms with E-state index in [0.717, 1.165) is 0 Å². The molecule has 2 aliphatic rings. The van der Waals surface area contributed by atoms with Gasteiger partial charge in [-0.2, -0.15) is 0 Å². The van der Waals surface area contributed by atoms with Crippen LogP contribution in [0.1, 0.15) is 18.5 Å². The third-order valence-electron chi connectivity index (χ3n) is 4.23. The molecule has 0 aliphatic carbocycles. The number of hydrogen-bond acceptors (Lipinski definition) is 6. The van der Waals surface area contributed by atoms with Crippen LogP contribution in [0, 0.1) is 0 Å². The van der Waals surface area contributed by atoms with Crippen LogP contribution in [0.4, 0.5) is 5.69 Å². The van der Waals surface area contributed by atoms with Crippen LogP contribution in [0.3, 0.4) is 0 Å². The van der Waals surface area contributed by atoms with Crippen LogP contribution in [0.5, 0.6) is 11.5 Å². The molecule has 1 N–H and O–H groups in total. The summed E-state index contributed by atoms with van der Waals surface area (Å²) in [6.07, 6.45) is 0. The van der Waals surface area contributed by atoms with Gasteiger partial charge in [0.2, 0.25) is 0 Å². The van der Waals surface area contributed by atoms with Crippen LogP contribution in [-0.4, -0.2) is 24.1 Å². The van der Waals surface area contributed by atoms with Gasteiger partial charge in [-0.3, -0.25) is 0 Å². The van der Waals surface area contributed by atoms with E-state index in [0.29, 0.717) is 27.8 Å². The van der Waals surface area contributed by atoms with Crippen molar-refractivity contribution in [1.82, 2.24) is 0 Å². The Morgan fingerprint density at radius 1 is 1.28 bits per heavy atom. The molecule has 128 valence electrons. The van der Waals surface area contributed by atoms with E-state index >= 15 is 0 Å². The predicted molar refractivity (Wildman–Crippen MR) is 89.9 cm³/mol. The van der Waals surface area contributed by atoms with Gasteiger partial charge in [-0.15, -0.1) is 0 Å². The Kier molecular flexibility index (Phi) is 3.58. The maximum absolute atomic E-state index is 12.8. The molecule has 0 radical (unpaired) electrons. The lowest BCUT2D eigenvalue weighted by Gasteiger charge is -2.44. The molecule has 0 saturated carbocycles. The van der Waals surface area contributed by atoms with E-state index in [2.05, 4.69) is 5.32 Å². The zero-order valence-electron chi connectivity index (χ0n) is 13.2. The van der Waals surface area contributed by atoms with E-state index in [1.807, 2.05) is 0 Å². The van der Waals surface area contributed by atoms with Crippen LogP contribution in [-0.2, 0) is 14.3 Å². The first-order valence-corrected chi connectivity index (χ1v) is 8.17. The highest BCUT2D eigenvalue weighted by Crippen LogP contribution is 2.49. The van der Waals surface area contributed by atoms with Crippen LogP contribution in [0.2, 0.25) is 5.02 Å². The molecule has 0 aromatic heterocycles. The van der Waals surface area contributed by atoms with Gasteiger partial charge in [0.15, 0.2) is 0 Å². The fourth-order valence-electron chi connectivity index (χ4n) is 3.12. The van der Waals surface area contributed by atoms with Crippen molar-refractivity contribution in [2.24, 2.45) is 0 Å². The maximum atomic E-state index is 12.8. The Labute approximate surface area is 148 Å². The van der Waals surface area contributed by atoms with Crippen molar-refractivity contribution >= 4 is 29.2 Å². The van der Waals surface area contributed by atoms with Gasteiger partial charge >= 0.3 is 17.5 Å². The second-order valence-electron chi connectivity index (χ2n) is 5.70. The highest BCUT2D eigenvalue weighted by atomic mass is 35.5. The minimum Gasteiger partial charge on any atom is -0.462 e. The molecular formula is C18H14ClNO5. The van der Waals surface area contributed by atoms with Gasteiger partial charge in [-0.05, 0) is 31.2 Å². The molecule has 0 amide bonds. The molecule has 0 unspecified atom stereocenters. The summed E-state index contributed by atoms with van der Waals surface area (Å²) in [5.74, 6) is -0.917. The molecule has 2 heterocycles. The van der Waals surface area contributed by atoms with E-state index in [9.17, 15) is 9.59 Å². The van der Waals surface area contributed by atoms with Gasteiger partial charge in [0.1, 0.15) is 17.5 Å². The molecule has 2 aromatic rings. The molecule has 0 spiro atoms. The number of hydrogen-bond donors (Lipinski definition) is 1. The fourth-order valence-corrected chi connectivity index (χ4v) is 3.29. The average Bonchev–Trinajstić information content (AvgIpc) is 2.60. The van der Waals surface area contributed by atoms with E-state index in [-0.39, 0.29) is 6.61 Å². The Morgan fingerprint density at radius 2 is 2.08 bits per heavy atom. The smallest absolute Gasteiger partial charge is 0.370 e. The summed E-state index contributed by atoms with van der Waals surface area (Å²) in [6, 6.07) is 11.1. The normalized spacial score (nSPS) is 23.1. The minimum atomic E-state index is -1.95. The molecule has 0 bridgehead atoms. The highest BCUT2D eigenvalue weighted by Gasteiger charge is 2.64. The maximum Gasteiger partial charge on any atom is 0.370 e. The lowest BCUT2D eigenvalue weighted by atomic mass is 9.83. The van der Waals surface area contributed by atoms with E-state index in [1.165, 1.54) is 0 Å². The topological polar surface area (TPSA) is 73.9 Å². The standard InChI is InChI=1S/C18H14ClNO5/c1-2-23-16(21)18-15(11-5-3-4-6-13(11)24-17(18)22)20-12-9-10(19)7-8-14(12)25-18/h3-9,15,20H,2H2,1H3/t15-,18+/m1/s1. The molecule has 2 aliphatic heterocycles. The summed E-state index contributed by atoms with van der Waals surface area (Å²) < 4.78 is 16.4. The van der Waals surface area contributed by atoms with Crippen molar-refractivity contribution in [1.29, 1.82) is 0 Å². The first-order chi connectivity index (χ1) is 12.1. The van der Waals surface area contributed by atoms with Crippen LogP contribution >= 0.6 is 11.6 Å². The van der Waals surface area contributed by atoms with Gasteiger partial charge in [-0.25, -0.2) is 9.59 Å². The number of rotatable bonds is 2. The number of nitrogens with one attached hydrogen (secondary N) is 1. The van der Waals surface area contributed by atoms with Gasteiger partial charge in [-0.1, -0.05) is 29.8 Å². The monoisotopic (exact) mass is 359 g/mol. The Hall–Kier alpha value is -2.73. The van der Waals surface area contributed by atoms with Gasteiger partial charge in [0.05, 0.1) is 12.3 Å². The van der Waals surface area contributed by atoms with Gasteiger partial charge in [0, 0.05) is 10.6 Å². The Balaban J connectivity index is 1.92. The van der Waals surface area contributed by atoms with Gasteiger partial charge in [0.25, 0.3) is 0 Å². The molecule has 2 aromatic carbocycles. The second-order valence-corrected chi connectivity index (χ2v) is 6.14. The molecular weight excluding hydrogens is 346 g/mol. The summed E-state index contributed by atoms with van der Waals surface area (Å²) in [5, 5.41) is 3.70. The van der Waals surface area contributed by atoms with Crippen LogP contribution in [0.25, 0.3) is 0 Å². The number of anilines is 1. The number of ether oxygens (including phenoxy) is 3. The third-order valence-corrected chi connectivity index (χ3v) is 4.47. The van der Waals surface area contributed by atoms with Crippen molar-refractivity contribution in [3.63, 3.8) is 0 Å². The number of fused-ring (bicyclic) bond motifs is 4. The van der Waals surface area contributed by atoms with Crippen LogP contribution < -0.4 is 14.8 Å². The largest absolute Gasteiger partial charge is 0.462 e. The zero-order chi connectivity index (χ0) is 17.6. The number of esters is 2. The molecule has 7 heteroatoms. The number of benzene rings is 2. The number of para-hydroxylation sites is 1. The lowest BCUT2D eigenvalue weighted by molar-refractivity contribution is -0.179. The van der Waals surface area contributed by atoms with Crippen LogP contribution in [0.15, 0.2) is 42.5 Å². The van der Waals surface area contributed by atoms with Gasteiger partial charge < -0.3 is 19.5 Å². The summed E-state index contributed by atoms with van der Waals surface area (Å²) in [7, 11) is 0. The molecule has 2 atom stereocenters. The lowest BCUT2D eigenvalue weighted by Crippen LogP contribution is -2.63. The summed E-state index contributed by atoms with van der Waals surface area (Å²) in [4.78, 5) is 25.5. The third kappa shape index (κ3) is 2.25. The Morgan fingerprint density at radius 3 is 2.88 bits per heavy atom. The second kappa shape index (κ2) is 5.67. The first-order valence-electron chi connectivity index (χ1n) is 7.80. The van der Waals surface area contributed by atoms with Crippen molar-refractivity contribution in [3.8, 4) is 11.5 Å².